The van der Waals surface area contributed by atoms with Gasteiger partial charge in [-0.2, -0.15) is 5.26 Å². The Bertz CT molecular complexity index is 1870. The largest absolute Gasteiger partial charge is 0.319 e. The summed E-state index contributed by atoms with van der Waals surface area (Å²) < 4.78 is 1.72. The molecule has 0 spiro atoms. The summed E-state index contributed by atoms with van der Waals surface area (Å²) in [5.41, 5.74) is 2.10. The molecule has 0 saturated carbocycles. The molecular weight excluding hydrogens is 404 g/mol. The van der Waals surface area contributed by atoms with Gasteiger partial charge in [0.15, 0.2) is 5.69 Å². The average Bonchev–Trinajstić information content (AvgIpc) is 3.52. The molecule has 0 aliphatic heterocycles. The Kier molecular flexibility index (Phi) is 5.16. The van der Waals surface area contributed by atoms with Gasteiger partial charge < -0.3 is 4.57 Å². The zero-order valence-corrected chi connectivity index (χ0v) is 18.1. The molecule has 1 aromatic heterocycles. The van der Waals surface area contributed by atoms with Crippen molar-refractivity contribution in [1.82, 2.24) is 9.55 Å². The van der Waals surface area contributed by atoms with Crippen LogP contribution in [0.25, 0.3) is 5.57 Å². The predicted molar refractivity (Wildman–Crippen MR) is 128 cm³/mol. The van der Waals surface area contributed by atoms with Gasteiger partial charge in [-0.05, 0) is 31.7 Å². The normalized spacial score (nSPS) is 12.1. The number of nitriles is 1. The van der Waals surface area contributed by atoms with E-state index in [1.165, 1.54) is 21.2 Å². The number of nitrogens with zero attached hydrogens (tertiary/aromatic N) is 3. The standard InChI is InChI=1S/C29H20N4/c1-33-28(19-31)27(18-30)32-29(33)26-16-14-25(15-17-26)24-12-10-23(11-13-24)22-8-6-21(7-9-22)20-4-2-3-5-20/h2-17,31H,1H3. The Morgan fingerprint density at radius 3 is 1.52 bits per heavy atom. The fourth-order valence-corrected chi connectivity index (χ4v) is 4.07. The third-order valence-corrected chi connectivity index (χ3v) is 5.90. The Morgan fingerprint density at radius 2 is 1.12 bits per heavy atom. The van der Waals surface area contributed by atoms with Crippen molar-refractivity contribution in [2.45, 2.75) is 0 Å². The maximum Gasteiger partial charge on any atom is 0.176 e. The van der Waals surface area contributed by atoms with E-state index in [0.717, 1.165) is 15.7 Å². The molecule has 1 aliphatic carbocycles. The summed E-state index contributed by atoms with van der Waals surface area (Å²) in [5, 5.41) is 23.7. The van der Waals surface area contributed by atoms with Gasteiger partial charge in [-0.15, -0.1) is 0 Å². The highest BCUT2D eigenvalue weighted by atomic mass is 15.0. The molecule has 0 unspecified atom stereocenters. The van der Waals surface area contributed by atoms with Crippen molar-refractivity contribution in [3.63, 3.8) is 0 Å². The molecule has 4 nitrogen and oxygen atoms in total. The van der Waals surface area contributed by atoms with Gasteiger partial charge in [0.25, 0.3) is 0 Å². The Hall–Kier alpha value is -4.71. The van der Waals surface area contributed by atoms with Crippen LogP contribution in [0.15, 0.2) is 97.1 Å². The van der Waals surface area contributed by atoms with E-state index in [2.05, 4.69) is 83.7 Å². The van der Waals surface area contributed by atoms with Crippen LogP contribution in [0.2, 0.25) is 0 Å². The van der Waals surface area contributed by atoms with Crippen molar-refractivity contribution < 1.29 is 0 Å². The van der Waals surface area contributed by atoms with Gasteiger partial charge in [-0.25, -0.2) is 4.98 Å². The van der Waals surface area contributed by atoms with Gasteiger partial charge in [-0.1, -0.05) is 97.1 Å². The summed E-state index contributed by atoms with van der Waals surface area (Å²) >= 11 is 0. The Morgan fingerprint density at radius 1 is 0.697 bits per heavy atom. The summed E-state index contributed by atoms with van der Waals surface area (Å²) in [6.45, 7) is 0. The first-order chi connectivity index (χ1) is 16.2. The SMILES string of the molecule is Cn1c(=c2ccc(=c3ccc(=c4ccc(=C5C=CC=C5)cc4)cc3)cc2)nc(C#N)c1=C=N. The van der Waals surface area contributed by atoms with Crippen LogP contribution in [0.1, 0.15) is 5.69 Å². The van der Waals surface area contributed by atoms with Crippen molar-refractivity contribution in [1.29, 1.82) is 10.7 Å². The first-order valence-electron chi connectivity index (χ1n) is 10.6. The molecule has 1 N–H and O–H groups in total. The minimum Gasteiger partial charge on any atom is -0.319 e. The highest BCUT2D eigenvalue weighted by Gasteiger charge is 2.03. The number of imidazole rings is 1. The van der Waals surface area contributed by atoms with Crippen molar-refractivity contribution >= 4 is 11.4 Å². The minimum atomic E-state index is 0.213. The van der Waals surface area contributed by atoms with Gasteiger partial charge in [0.2, 0.25) is 0 Å². The van der Waals surface area contributed by atoms with E-state index in [0.29, 0.717) is 10.8 Å². The molecule has 1 heterocycles. The zero-order chi connectivity index (χ0) is 22.8. The summed E-state index contributed by atoms with van der Waals surface area (Å²) in [6, 6.07) is 27.3. The summed E-state index contributed by atoms with van der Waals surface area (Å²) in [4.78, 5) is 4.36. The molecule has 156 valence electrons. The summed E-state index contributed by atoms with van der Waals surface area (Å²) in [5.74, 6) is 2.30. The number of nitrogens with one attached hydrogen (secondary N) is 1. The Balaban J connectivity index is 1.62. The Labute approximate surface area is 189 Å². The monoisotopic (exact) mass is 424 g/mol. The van der Waals surface area contributed by atoms with Crippen LogP contribution in [-0.2, 0) is 7.05 Å². The van der Waals surface area contributed by atoms with E-state index >= 15 is 0 Å². The lowest BCUT2D eigenvalue weighted by Crippen LogP contribution is -2.16. The minimum absolute atomic E-state index is 0.213. The quantitative estimate of drug-likeness (QED) is 0.440. The van der Waals surface area contributed by atoms with E-state index in [1.807, 2.05) is 30.3 Å². The smallest absolute Gasteiger partial charge is 0.176 e. The van der Waals surface area contributed by atoms with Crippen LogP contribution in [0.5, 0.6) is 0 Å². The van der Waals surface area contributed by atoms with Gasteiger partial charge in [0.05, 0.1) is 0 Å². The molecule has 4 aromatic rings. The number of allylic oxidation sites excluding steroid dienone is 4. The molecule has 33 heavy (non-hydrogen) atoms. The first kappa shape index (κ1) is 20.2. The third kappa shape index (κ3) is 3.74. The lowest BCUT2D eigenvalue weighted by molar-refractivity contribution is 0.844. The maximum absolute atomic E-state index is 9.24. The van der Waals surface area contributed by atoms with E-state index in [4.69, 9.17) is 5.41 Å². The fraction of sp³-hybridized carbons (Fsp3) is 0.0345. The maximum atomic E-state index is 9.24. The highest BCUT2D eigenvalue weighted by Crippen LogP contribution is 2.06. The predicted octanol–water partition coefficient (Wildman–Crippen LogP) is 3.35. The van der Waals surface area contributed by atoms with Crippen molar-refractivity contribution in [2.75, 3.05) is 0 Å². The lowest BCUT2D eigenvalue weighted by atomic mass is 10.1. The molecule has 3 aromatic carbocycles. The molecule has 0 atom stereocenters. The number of hydrogen-bond acceptors (Lipinski definition) is 3. The fourth-order valence-electron chi connectivity index (χ4n) is 4.07. The van der Waals surface area contributed by atoms with Crippen LogP contribution in [0.4, 0.5) is 0 Å². The molecule has 5 rings (SSSR count). The second kappa shape index (κ2) is 8.43. The number of hydrogen-bond donors (Lipinski definition) is 1. The third-order valence-electron chi connectivity index (χ3n) is 5.90. The van der Waals surface area contributed by atoms with E-state index in [9.17, 15) is 5.26 Å². The second-order valence-corrected chi connectivity index (χ2v) is 7.83. The van der Waals surface area contributed by atoms with Crippen LogP contribution in [0.3, 0.4) is 0 Å². The molecule has 0 fully saturated rings. The molecule has 0 radical (unpaired) electrons. The van der Waals surface area contributed by atoms with Gasteiger partial charge in [0.1, 0.15) is 16.9 Å². The van der Waals surface area contributed by atoms with Crippen LogP contribution >= 0.6 is 0 Å². The summed E-state index contributed by atoms with van der Waals surface area (Å²) in [7, 11) is 1.79. The topological polar surface area (TPSA) is 65.5 Å². The lowest BCUT2D eigenvalue weighted by Gasteiger charge is -1.94. The van der Waals surface area contributed by atoms with Crippen LogP contribution in [0, 0.1) is 48.3 Å². The molecule has 4 heteroatoms. The number of aromatic nitrogens is 2. The first-order valence-corrected chi connectivity index (χ1v) is 10.6. The zero-order valence-electron chi connectivity index (χ0n) is 18.1. The molecular formula is C29H20N4. The molecule has 1 aliphatic rings. The molecule has 0 bridgehead atoms. The highest BCUT2D eigenvalue weighted by molar-refractivity contribution is 5.71. The van der Waals surface area contributed by atoms with Crippen LogP contribution < -0.4 is 10.6 Å². The van der Waals surface area contributed by atoms with Crippen molar-refractivity contribution in [3.05, 3.63) is 145 Å². The van der Waals surface area contributed by atoms with E-state index in [-0.39, 0.29) is 5.69 Å². The van der Waals surface area contributed by atoms with E-state index < -0.39 is 0 Å². The second-order valence-electron chi connectivity index (χ2n) is 7.83. The van der Waals surface area contributed by atoms with Crippen molar-refractivity contribution in [2.24, 2.45) is 7.05 Å². The van der Waals surface area contributed by atoms with Crippen molar-refractivity contribution in [3.8, 4) is 6.07 Å². The van der Waals surface area contributed by atoms with E-state index in [1.54, 1.807) is 11.6 Å². The number of rotatable bonds is 0. The molecule has 0 amide bonds. The number of benzene rings is 3. The van der Waals surface area contributed by atoms with Gasteiger partial charge in [-0.3, -0.25) is 5.41 Å². The van der Waals surface area contributed by atoms with Gasteiger partial charge in [0, 0.05) is 18.1 Å². The van der Waals surface area contributed by atoms with Gasteiger partial charge >= 0.3 is 0 Å². The average molecular weight is 425 g/mol. The van der Waals surface area contributed by atoms with Crippen LogP contribution in [-0.4, -0.2) is 15.4 Å². The molecule has 0 saturated heterocycles. The summed E-state index contributed by atoms with van der Waals surface area (Å²) in [6.07, 6.45) is 8.36.